The Morgan fingerprint density at radius 2 is 1.83 bits per heavy atom. The van der Waals surface area contributed by atoms with Gasteiger partial charge in [0, 0.05) is 24.3 Å². The number of benzene rings is 1. The van der Waals surface area contributed by atoms with E-state index in [0.29, 0.717) is 18.4 Å². The molecule has 2 fully saturated rings. The highest BCUT2D eigenvalue weighted by Gasteiger charge is 2.55. The second-order valence-corrected chi connectivity index (χ2v) is 8.82. The van der Waals surface area contributed by atoms with Crippen LogP contribution in [0.25, 0.3) is 0 Å². The molecule has 2 aliphatic carbocycles. The van der Waals surface area contributed by atoms with Crippen LogP contribution < -0.4 is 0 Å². The molecule has 0 radical (unpaired) electrons. The fourth-order valence-corrected chi connectivity index (χ4v) is 5.36. The van der Waals surface area contributed by atoms with E-state index >= 15 is 0 Å². The number of carbonyl (C=O) groups is 2. The van der Waals surface area contributed by atoms with Crippen molar-refractivity contribution < 1.29 is 14.7 Å². The van der Waals surface area contributed by atoms with E-state index in [1.807, 2.05) is 13.0 Å². The summed E-state index contributed by atoms with van der Waals surface area (Å²) in [4.78, 5) is 25.7. The molecular weight excluding hydrogens is 300 g/mol. The highest BCUT2D eigenvalue weighted by atomic mass is 16.3. The first-order valence-electron chi connectivity index (χ1n) is 9.00. The van der Waals surface area contributed by atoms with Gasteiger partial charge in [-0.3, -0.25) is 9.59 Å². The number of aromatic hydroxyl groups is 1. The van der Waals surface area contributed by atoms with Gasteiger partial charge in [-0.25, -0.2) is 0 Å². The first-order chi connectivity index (χ1) is 11.1. The van der Waals surface area contributed by atoms with Crippen LogP contribution in [0.15, 0.2) is 18.2 Å². The largest absolute Gasteiger partial charge is 0.508 e. The fraction of sp³-hybridized carbons (Fsp3) is 0.619. The molecule has 0 spiro atoms. The Bertz CT molecular complexity index is 668. The minimum atomic E-state index is -0.274. The lowest BCUT2D eigenvalue weighted by Gasteiger charge is -2.56. The van der Waals surface area contributed by atoms with Gasteiger partial charge in [0.15, 0.2) is 5.78 Å². The van der Waals surface area contributed by atoms with Crippen molar-refractivity contribution in [1.29, 1.82) is 0 Å². The summed E-state index contributed by atoms with van der Waals surface area (Å²) >= 11 is 0. The van der Waals surface area contributed by atoms with E-state index in [9.17, 15) is 14.7 Å². The van der Waals surface area contributed by atoms with Gasteiger partial charge in [0.25, 0.3) is 0 Å². The van der Waals surface area contributed by atoms with Gasteiger partial charge < -0.3 is 5.11 Å². The number of Topliss-reactive ketones (excluding diaryl/α,β-unsaturated/α-hetero) is 2. The number of phenols is 1. The Morgan fingerprint density at radius 1 is 1.12 bits per heavy atom. The van der Waals surface area contributed by atoms with Crippen molar-refractivity contribution in [2.75, 3.05) is 0 Å². The lowest BCUT2D eigenvalue weighted by Crippen LogP contribution is -2.53. The predicted molar refractivity (Wildman–Crippen MR) is 94.1 cm³/mol. The van der Waals surface area contributed by atoms with Gasteiger partial charge in [-0.05, 0) is 60.3 Å². The van der Waals surface area contributed by atoms with E-state index in [2.05, 4.69) is 20.8 Å². The first-order valence-corrected chi connectivity index (χ1v) is 9.00. The smallest absolute Gasteiger partial charge is 0.167 e. The lowest BCUT2D eigenvalue weighted by molar-refractivity contribution is -0.135. The quantitative estimate of drug-likeness (QED) is 0.801. The summed E-state index contributed by atoms with van der Waals surface area (Å²) in [5.74, 6) is 0.331. The van der Waals surface area contributed by atoms with E-state index in [-0.39, 0.29) is 40.0 Å². The van der Waals surface area contributed by atoms with Crippen LogP contribution in [0, 0.1) is 29.6 Å². The summed E-state index contributed by atoms with van der Waals surface area (Å²) in [5, 5.41) is 9.85. The Morgan fingerprint density at radius 3 is 2.50 bits per heavy atom. The van der Waals surface area contributed by atoms with Crippen molar-refractivity contribution in [2.45, 2.75) is 59.8 Å². The van der Waals surface area contributed by atoms with Gasteiger partial charge in [-0.15, -0.1) is 0 Å². The number of hydrogen-bond donors (Lipinski definition) is 1. The maximum atomic E-state index is 13.3. The van der Waals surface area contributed by atoms with Crippen LogP contribution >= 0.6 is 0 Å². The zero-order chi connectivity index (χ0) is 17.7. The minimum Gasteiger partial charge on any atom is -0.508 e. The van der Waals surface area contributed by atoms with Gasteiger partial charge in [-0.2, -0.15) is 0 Å². The average molecular weight is 328 g/mol. The monoisotopic (exact) mass is 328 g/mol. The predicted octanol–water partition coefficient (Wildman–Crippen LogP) is 4.70. The van der Waals surface area contributed by atoms with Crippen molar-refractivity contribution in [3.63, 3.8) is 0 Å². The number of fused-ring (bicyclic) bond motifs is 1. The second kappa shape index (κ2) is 5.72. The fourth-order valence-electron chi connectivity index (χ4n) is 5.36. The number of aryl methyl sites for hydroxylation is 1. The molecule has 3 heteroatoms. The van der Waals surface area contributed by atoms with Crippen LogP contribution in [0.5, 0.6) is 5.75 Å². The summed E-state index contributed by atoms with van der Waals surface area (Å²) in [6.07, 6.45) is 4.18. The molecule has 2 saturated carbocycles. The summed E-state index contributed by atoms with van der Waals surface area (Å²) in [6, 6.07) is 5.02. The normalized spacial score (nSPS) is 32.2. The third-order valence-corrected chi connectivity index (χ3v) is 6.60. The molecule has 0 unspecified atom stereocenters. The molecule has 1 N–H and O–H groups in total. The Labute approximate surface area is 144 Å². The van der Waals surface area contributed by atoms with Crippen molar-refractivity contribution in [3.8, 4) is 5.75 Å². The average Bonchev–Trinajstić information content (AvgIpc) is 2.46. The van der Waals surface area contributed by atoms with Crippen molar-refractivity contribution >= 4 is 11.6 Å². The number of carbonyl (C=O) groups excluding carboxylic acids is 2. The number of phenolic OH excluding ortho intramolecular Hbond substituents is 1. The van der Waals surface area contributed by atoms with Gasteiger partial charge in [-0.1, -0.05) is 27.2 Å². The van der Waals surface area contributed by atoms with E-state index < -0.39 is 0 Å². The minimum absolute atomic E-state index is 0.0206. The van der Waals surface area contributed by atoms with Crippen LogP contribution in [0.1, 0.15) is 68.8 Å². The van der Waals surface area contributed by atoms with E-state index in [1.54, 1.807) is 12.1 Å². The molecule has 1 aromatic carbocycles. The molecule has 130 valence electrons. The zero-order valence-electron chi connectivity index (χ0n) is 15.2. The molecule has 3 nitrogen and oxygen atoms in total. The molecule has 3 rings (SSSR count). The SMILES string of the molecule is Cc1cc(O)cc(C(=O)[C@H]2CC(=O)C[C@H]3C(C)(C)CCC[C@]23C)c1. The summed E-state index contributed by atoms with van der Waals surface area (Å²) < 4.78 is 0. The molecule has 1 aromatic rings. The van der Waals surface area contributed by atoms with Crippen molar-refractivity contribution in [2.24, 2.45) is 22.7 Å². The van der Waals surface area contributed by atoms with Crippen LogP contribution in [-0.2, 0) is 4.79 Å². The molecule has 3 atom stereocenters. The Hall–Kier alpha value is -1.64. The Balaban J connectivity index is 2.01. The highest BCUT2D eigenvalue weighted by molar-refractivity contribution is 6.01. The Kier molecular flexibility index (Phi) is 4.09. The molecule has 2 aliphatic rings. The van der Waals surface area contributed by atoms with Crippen LogP contribution in [0.2, 0.25) is 0 Å². The zero-order valence-corrected chi connectivity index (χ0v) is 15.2. The molecule has 0 bridgehead atoms. The summed E-state index contributed by atoms with van der Waals surface area (Å²) in [6.45, 7) is 8.57. The number of rotatable bonds is 2. The number of ketones is 2. The van der Waals surface area contributed by atoms with Gasteiger partial charge >= 0.3 is 0 Å². The second-order valence-electron chi connectivity index (χ2n) is 8.82. The van der Waals surface area contributed by atoms with Gasteiger partial charge in [0.2, 0.25) is 0 Å². The third kappa shape index (κ3) is 2.78. The third-order valence-electron chi connectivity index (χ3n) is 6.60. The summed E-state index contributed by atoms with van der Waals surface area (Å²) in [7, 11) is 0. The molecule has 24 heavy (non-hydrogen) atoms. The lowest BCUT2D eigenvalue weighted by atomic mass is 9.47. The maximum absolute atomic E-state index is 13.3. The molecule has 0 aliphatic heterocycles. The van der Waals surface area contributed by atoms with Crippen molar-refractivity contribution in [1.82, 2.24) is 0 Å². The van der Waals surface area contributed by atoms with E-state index in [1.165, 1.54) is 0 Å². The van der Waals surface area contributed by atoms with Crippen molar-refractivity contribution in [3.05, 3.63) is 29.3 Å². The molecule has 0 heterocycles. The highest BCUT2D eigenvalue weighted by Crippen LogP contribution is 2.59. The standard InChI is InChI=1S/C21H28O3/c1-13-8-14(10-15(22)9-13)19(24)17-11-16(23)12-18-20(2,3)6-5-7-21(17,18)4/h8-10,17-18,22H,5-7,11-12H2,1-4H3/t17-,18+,21-/m1/s1. The van der Waals surface area contributed by atoms with Crippen LogP contribution in [0.4, 0.5) is 0 Å². The molecular formula is C21H28O3. The first kappa shape index (κ1) is 17.2. The van der Waals surface area contributed by atoms with E-state index in [4.69, 9.17) is 0 Å². The molecule has 0 aromatic heterocycles. The molecule has 0 amide bonds. The summed E-state index contributed by atoms with van der Waals surface area (Å²) in [5.41, 5.74) is 1.37. The topological polar surface area (TPSA) is 54.4 Å². The van der Waals surface area contributed by atoms with Crippen LogP contribution in [-0.4, -0.2) is 16.7 Å². The van der Waals surface area contributed by atoms with E-state index in [0.717, 1.165) is 24.8 Å². The number of hydrogen-bond acceptors (Lipinski definition) is 3. The molecule has 0 saturated heterocycles. The maximum Gasteiger partial charge on any atom is 0.167 e. The van der Waals surface area contributed by atoms with Gasteiger partial charge in [0.05, 0.1) is 0 Å². The van der Waals surface area contributed by atoms with Gasteiger partial charge in [0.1, 0.15) is 11.5 Å². The van der Waals surface area contributed by atoms with Crippen LogP contribution in [0.3, 0.4) is 0 Å².